The first-order valence-corrected chi connectivity index (χ1v) is 5.59. The molecule has 0 spiro atoms. The van der Waals surface area contributed by atoms with Gasteiger partial charge in [-0.2, -0.15) is 13.5 Å². The molecule has 0 heterocycles. The average Bonchev–Trinajstić information content (AvgIpc) is 2.17. The highest BCUT2D eigenvalue weighted by molar-refractivity contribution is 7.59. The number of nitrogens with zero attached hydrogens (tertiary/aromatic N) is 1. The summed E-state index contributed by atoms with van der Waals surface area (Å²) in [6.45, 7) is 5.90. The van der Waals surface area contributed by atoms with Gasteiger partial charge in [0.15, 0.2) is 5.78 Å². The zero-order chi connectivity index (χ0) is 12.3. The van der Waals surface area contributed by atoms with E-state index >= 15 is 0 Å². The van der Waals surface area contributed by atoms with Gasteiger partial charge in [-0.25, -0.2) is 0 Å². The van der Waals surface area contributed by atoms with Crippen molar-refractivity contribution in [3.63, 3.8) is 0 Å². The molecule has 0 amide bonds. The van der Waals surface area contributed by atoms with Crippen molar-refractivity contribution < 1.29 is 4.79 Å². The zero-order valence-corrected chi connectivity index (χ0v) is 12.3. The Balaban J connectivity index is 0.00000256. The van der Waals surface area contributed by atoms with Crippen LogP contribution in [-0.4, -0.2) is 24.8 Å². The van der Waals surface area contributed by atoms with Gasteiger partial charge in [0.1, 0.15) is 0 Å². The number of carbonyl (C=O) groups is 1. The lowest BCUT2D eigenvalue weighted by molar-refractivity contribution is -0.131. The fraction of sp³-hybridized carbons (Fsp3) is 0.500. The highest BCUT2D eigenvalue weighted by Gasteiger charge is 2.31. The van der Waals surface area contributed by atoms with Crippen molar-refractivity contribution in [2.45, 2.75) is 26.8 Å². The third-order valence-corrected chi connectivity index (χ3v) is 2.62. The number of hydrogen-bond acceptors (Lipinski definition) is 2. The molecule has 1 aromatic rings. The molecule has 0 N–H and O–H groups in total. The number of rotatable bonds is 3. The third-order valence-electron chi connectivity index (χ3n) is 2.62. The summed E-state index contributed by atoms with van der Waals surface area (Å²) in [4.78, 5) is 14.3. The molecular formula is C14H23NOS. The normalized spacial score (nSPS) is 13.1. The van der Waals surface area contributed by atoms with Gasteiger partial charge < -0.3 is 0 Å². The number of Topliss-reactive ketones (excluding diaryl/α,β-unsaturated/α-hetero) is 1. The molecule has 1 atom stereocenters. The molecule has 0 saturated heterocycles. The van der Waals surface area contributed by atoms with Crippen LogP contribution in [0.5, 0.6) is 0 Å². The Morgan fingerprint density at radius 1 is 1.12 bits per heavy atom. The Bertz CT molecular complexity index is 354. The summed E-state index contributed by atoms with van der Waals surface area (Å²) < 4.78 is 0. The molecule has 2 nitrogen and oxygen atoms in total. The second kappa shape index (κ2) is 6.22. The van der Waals surface area contributed by atoms with E-state index in [1.54, 1.807) is 0 Å². The number of benzene rings is 1. The topological polar surface area (TPSA) is 20.3 Å². The Hall–Kier alpha value is -0.800. The van der Waals surface area contributed by atoms with Gasteiger partial charge in [-0.15, -0.1) is 0 Å². The molecule has 0 saturated carbocycles. The van der Waals surface area contributed by atoms with Crippen LogP contribution in [0.25, 0.3) is 0 Å². The van der Waals surface area contributed by atoms with Crippen LogP contribution in [0.4, 0.5) is 0 Å². The second-order valence-corrected chi connectivity index (χ2v) is 5.39. The monoisotopic (exact) mass is 253 g/mol. The zero-order valence-electron chi connectivity index (χ0n) is 11.3. The summed E-state index contributed by atoms with van der Waals surface area (Å²) in [5, 5.41) is 0. The molecule has 0 unspecified atom stereocenters. The fourth-order valence-electron chi connectivity index (χ4n) is 1.73. The third kappa shape index (κ3) is 4.17. The highest BCUT2D eigenvalue weighted by atomic mass is 32.1. The first-order chi connectivity index (χ1) is 7.34. The highest BCUT2D eigenvalue weighted by Crippen LogP contribution is 2.28. The van der Waals surface area contributed by atoms with Crippen molar-refractivity contribution in [1.29, 1.82) is 0 Å². The van der Waals surface area contributed by atoms with E-state index in [2.05, 4.69) is 0 Å². The number of likely N-dealkylation sites (N-methyl/N-ethyl adjacent to an activating group) is 1. The maximum atomic E-state index is 12.4. The average molecular weight is 253 g/mol. The molecule has 0 aromatic heterocycles. The first-order valence-electron chi connectivity index (χ1n) is 5.59. The Morgan fingerprint density at radius 3 is 1.94 bits per heavy atom. The molecule has 96 valence electrons. The van der Waals surface area contributed by atoms with Crippen LogP contribution in [0.1, 0.15) is 32.4 Å². The van der Waals surface area contributed by atoms with Crippen molar-refractivity contribution >= 4 is 19.3 Å². The van der Waals surface area contributed by atoms with E-state index in [9.17, 15) is 4.79 Å². The molecule has 0 aliphatic rings. The molecule has 0 aliphatic carbocycles. The van der Waals surface area contributed by atoms with Crippen molar-refractivity contribution in [3.05, 3.63) is 35.9 Å². The van der Waals surface area contributed by atoms with Crippen LogP contribution in [0.3, 0.4) is 0 Å². The number of ketones is 1. The molecule has 0 aliphatic heterocycles. The van der Waals surface area contributed by atoms with Gasteiger partial charge in [0.05, 0.1) is 6.04 Å². The van der Waals surface area contributed by atoms with Crippen molar-refractivity contribution in [2.75, 3.05) is 14.1 Å². The van der Waals surface area contributed by atoms with Crippen molar-refractivity contribution in [2.24, 2.45) is 5.41 Å². The van der Waals surface area contributed by atoms with Gasteiger partial charge in [0, 0.05) is 5.41 Å². The molecule has 1 rings (SSSR count). The Morgan fingerprint density at radius 2 is 1.59 bits per heavy atom. The van der Waals surface area contributed by atoms with E-state index < -0.39 is 0 Å². The summed E-state index contributed by atoms with van der Waals surface area (Å²) in [5.41, 5.74) is 0.748. The molecule has 17 heavy (non-hydrogen) atoms. The summed E-state index contributed by atoms with van der Waals surface area (Å²) in [6, 6.07) is 9.78. The van der Waals surface area contributed by atoms with Crippen molar-refractivity contribution in [1.82, 2.24) is 4.90 Å². The molecular weight excluding hydrogens is 230 g/mol. The summed E-state index contributed by atoms with van der Waals surface area (Å²) >= 11 is 0. The van der Waals surface area contributed by atoms with E-state index in [0.29, 0.717) is 0 Å². The van der Waals surface area contributed by atoms with E-state index in [1.807, 2.05) is 70.1 Å². The van der Waals surface area contributed by atoms with E-state index in [1.165, 1.54) is 0 Å². The molecule has 0 bridgehead atoms. The molecule has 0 fully saturated rings. The fourth-order valence-corrected chi connectivity index (χ4v) is 1.73. The predicted molar refractivity (Wildman–Crippen MR) is 77.7 cm³/mol. The first kappa shape index (κ1) is 16.2. The van der Waals surface area contributed by atoms with Crippen LogP contribution in [0.2, 0.25) is 0 Å². The smallest absolute Gasteiger partial charge is 0.159 e. The Labute approximate surface area is 111 Å². The lowest BCUT2D eigenvalue weighted by atomic mass is 9.83. The molecule has 3 heteroatoms. The maximum absolute atomic E-state index is 12.4. The number of hydrogen-bond donors (Lipinski definition) is 0. The van der Waals surface area contributed by atoms with Crippen molar-refractivity contribution in [3.8, 4) is 0 Å². The van der Waals surface area contributed by atoms with Gasteiger partial charge in [-0.05, 0) is 19.7 Å². The van der Waals surface area contributed by atoms with Crippen LogP contribution in [0.15, 0.2) is 30.3 Å². The summed E-state index contributed by atoms with van der Waals surface area (Å²) in [5.74, 6) is 0.253. The Kier molecular flexibility index (Phi) is 5.93. The molecule has 1 aromatic carbocycles. The minimum Gasteiger partial charge on any atom is -0.297 e. The minimum atomic E-state index is -0.315. The quantitative estimate of drug-likeness (QED) is 0.825. The van der Waals surface area contributed by atoms with Gasteiger partial charge >= 0.3 is 0 Å². The maximum Gasteiger partial charge on any atom is 0.159 e. The van der Waals surface area contributed by atoms with E-state index in [4.69, 9.17) is 0 Å². The molecule has 0 radical (unpaired) electrons. The van der Waals surface area contributed by atoms with Gasteiger partial charge in [0.2, 0.25) is 0 Å². The SMILES string of the molecule is CN(C)[C@@H](C(=O)C(C)(C)C)c1ccccc1.S. The standard InChI is InChI=1S/C14H21NO.H2S/c1-14(2,3)13(16)12(15(4)5)11-9-7-6-8-10-11;/h6-10,12H,1-5H3;1H2/t12-;/m1./s1. The summed E-state index contributed by atoms with van der Waals surface area (Å²) in [7, 11) is 3.89. The van der Waals surface area contributed by atoms with E-state index in [0.717, 1.165) is 5.56 Å². The number of carbonyl (C=O) groups excluding carboxylic acids is 1. The largest absolute Gasteiger partial charge is 0.297 e. The van der Waals surface area contributed by atoms with Crippen LogP contribution in [-0.2, 0) is 4.79 Å². The van der Waals surface area contributed by atoms with Gasteiger partial charge in [-0.1, -0.05) is 51.1 Å². The van der Waals surface area contributed by atoms with Crippen LogP contribution < -0.4 is 0 Å². The van der Waals surface area contributed by atoms with Crippen LogP contribution in [0, 0.1) is 5.41 Å². The van der Waals surface area contributed by atoms with E-state index in [-0.39, 0.29) is 30.7 Å². The lowest BCUT2D eigenvalue weighted by Crippen LogP contribution is -2.35. The summed E-state index contributed by atoms with van der Waals surface area (Å²) in [6.07, 6.45) is 0. The second-order valence-electron chi connectivity index (χ2n) is 5.39. The van der Waals surface area contributed by atoms with Gasteiger partial charge in [0.25, 0.3) is 0 Å². The predicted octanol–water partition coefficient (Wildman–Crippen LogP) is 3.02. The van der Waals surface area contributed by atoms with Gasteiger partial charge in [-0.3, -0.25) is 9.69 Å². The lowest BCUT2D eigenvalue weighted by Gasteiger charge is -2.29. The minimum absolute atomic E-state index is 0. The van der Waals surface area contributed by atoms with Crippen LogP contribution >= 0.6 is 13.5 Å².